The minimum atomic E-state index is -1.57. The zero-order valence-corrected chi connectivity index (χ0v) is 20.7. The Kier molecular flexibility index (Phi) is 6.45. The number of carboxylic acid groups (broad SMARTS) is 1. The van der Waals surface area contributed by atoms with E-state index in [4.69, 9.17) is 4.74 Å². The minimum Gasteiger partial charge on any atom is -0.481 e. The highest BCUT2D eigenvalue weighted by molar-refractivity contribution is 5.98. The third-order valence-electron chi connectivity index (χ3n) is 9.55. The maximum Gasteiger partial charge on any atom is 0.303 e. The van der Waals surface area contributed by atoms with Gasteiger partial charge < -0.3 is 20.1 Å². The summed E-state index contributed by atoms with van der Waals surface area (Å²) in [5.41, 5.74) is -0.0491. The number of carboxylic acids is 1. The SMILES string of the molecule is CC(C)OC(O)C(=O)C1CC(=O)C=C2CC[C@@H]3C(=CC[C@@]4(C)[C@H]3CC[C@@]4(O)CCC(=O)O)[C@]21C. The molecule has 0 spiro atoms. The summed E-state index contributed by atoms with van der Waals surface area (Å²) in [6, 6.07) is 0. The van der Waals surface area contributed by atoms with Crippen LogP contribution < -0.4 is 0 Å². The highest BCUT2D eigenvalue weighted by Crippen LogP contribution is 2.67. The van der Waals surface area contributed by atoms with Gasteiger partial charge in [-0.1, -0.05) is 31.1 Å². The van der Waals surface area contributed by atoms with Crippen molar-refractivity contribution >= 4 is 17.5 Å². The van der Waals surface area contributed by atoms with Gasteiger partial charge in [0.15, 0.2) is 11.6 Å². The fourth-order valence-electron chi connectivity index (χ4n) is 7.64. The molecule has 3 N–H and O–H groups in total. The van der Waals surface area contributed by atoms with Gasteiger partial charge in [-0.3, -0.25) is 14.4 Å². The smallest absolute Gasteiger partial charge is 0.303 e. The Morgan fingerprint density at radius 2 is 1.94 bits per heavy atom. The number of ether oxygens (including phenoxy) is 1. The van der Waals surface area contributed by atoms with Crippen molar-refractivity contribution in [1.82, 2.24) is 0 Å². The van der Waals surface area contributed by atoms with Gasteiger partial charge in [0.25, 0.3) is 0 Å². The lowest BCUT2D eigenvalue weighted by molar-refractivity contribution is -0.171. The van der Waals surface area contributed by atoms with Gasteiger partial charge >= 0.3 is 5.97 Å². The standard InChI is InChI=1S/C27H38O7/c1-15(2)34-24(32)23(31)21-14-17(28)13-16-5-6-18-19-8-11-27(33,12-9-22(29)30)25(19,3)10-7-20(18)26(16,21)4/h7,13,15,18-19,21,24,32-33H,5-6,8-12,14H2,1-4H3,(H,29,30)/t18-,19-,21?,24?,25-,26-,27+/m0/s1. The van der Waals surface area contributed by atoms with E-state index < -0.39 is 40.4 Å². The molecule has 7 atom stereocenters. The third kappa shape index (κ3) is 3.80. The average Bonchev–Trinajstić information content (AvgIpc) is 3.02. The molecule has 0 amide bonds. The number of allylic oxidation sites excluding steroid dienone is 4. The van der Waals surface area contributed by atoms with Gasteiger partial charge in [0.1, 0.15) is 0 Å². The number of ketones is 2. The molecule has 0 aliphatic heterocycles. The first kappa shape index (κ1) is 25.3. The van der Waals surface area contributed by atoms with Crippen LogP contribution in [0.2, 0.25) is 0 Å². The van der Waals surface area contributed by atoms with E-state index in [0.29, 0.717) is 19.3 Å². The summed E-state index contributed by atoms with van der Waals surface area (Å²) >= 11 is 0. The zero-order chi connectivity index (χ0) is 25.1. The number of carbonyl (C=O) groups is 3. The summed E-state index contributed by atoms with van der Waals surface area (Å²) in [6.07, 6.45) is 5.68. The van der Waals surface area contributed by atoms with Crippen LogP contribution in [-0.2, 0) is 19.1 Å². The molecule has 4 aliphatic rings. The molecular weight excluding hydrogens is 436 g/mol. The van der Waals surface area contributed by atoms with Crippen molar-refractivity contribution in [1.29, 1.82) is 0 Å². The largest absolute Gasteiger partial charge is 0.481 e. The summed E-state index contributed by atoms with van der Waals surface area (Å²) in [4.78, 5) is 37.2. The molecule has 0 aromatic rings. The molecule has 4 aliphatic carbocycles. The quantitative estimate of drug-likeness (QED) is 0.381. The Labute approximate surface area is 201 Å². The van der Waals surface area contributed by atoms with Crippen LogP contribution in [-0.4, -0.2) is 50.9 Å². The molecule has 4 rings (SSSR count). The van der Waals surface area contributed by atoms with Crippen molar-refractivity contribution in [3.8, 4) is 0 Å². The Balaban J connectivity index is 1.71. The predicted molar refractivity (Wildman–Crippen MR) is 125 cm³/mol. The highest BCUT2D eigenvalue weighted by Gasteiger charge is 2.63. The summed E-state index contributed by atoms with van der Waals surface area (Å²) in [5, 5.41) is 31.3. The van der Waals surface area contributed by atoms with E-state index in [1.54, 1.807) is 19.9 Å². The van der Waals surface area contributed by atoms with E-state index >= 15 is 0 Å². The molecule has 2 unspecified atom stereocenters. The highest BCUT2D eigenvalue weighted by atomic mass is 16.6. The Morgan fingerprint density at radius 3 is 2.59 bits per heavy atom. The number of carbonyl (C=O) groups excluding carboxylic acids is 2. The van der Waals surface area contributed by atoms with E-state index in [9.17, 15) is 29.7 Å². The second kappa shape index (κ2) is 8.68. The predicted octanol–water partition coefficient (Wildman–Crippen LogP) is 3.57. The van der Waals surface area contributed by atoms with Gasteiger partial charge in [-0.25, -0.2) is 0 Å². The molecule has 0 heterocycles. The van der Waals surface area contributed by atoms with Crippen LogP contribution in [0.25, 0.3) is 0 Å². The molecule has 188 valence electrons. The van der Waals surface area contributed by atoms with E-state index in [0.717, 1.165) is 24.0 Å². The number of aliphatic hydroxyl groups excluding tert-OH is 1. The third-order valence-corrected chi connectivity index (χ3v) is 9.55. The van der Waals surface area contributed by atoms with Gasteiger partial charge in [0.05, 0.1) is 11.7 Å². The van der Waals surface area contributed by atoms with Crippen LogP contribution in [0, 0.1) is 28.6 Å². The maximum absolute atomic E-state index is 13.4. The van der Waals surface area contributed by atoms with Crippen LogP contribution in [0.4, 0.5) is 0 Å². The summed E-state index contributed by atoms with van der Waals surface area (Å²) in [7, 11) is 0. The molecule has 7 heteroatoms. The van der Waals surface area contributed by atoms with Crippen molar-refractivity contribution in [3.63, 3.8) is 0 Å². The van der Waals surface area contributed by atoms with Gasteiger partial charge in [0.2, 0.25) is 6.29 Å². The van der Waals surface area contributed by atoms with Crippen molar-refractivity contribution in [2.45, 2.75) is 97.1 Å². The molecule has 7 nitrogen and oxygen atoms in total. The van der Waals surface area contributed by atoms with Crippen molar-refractivity contribution in [2.24, 2.45) is 28.6 Å². The van der Waals surface area contributed by atoms with Gasteiger partial charge in [0, 0.05) is 29.6 Å². The van der Waals surface area contributed by atoms with E-state index in [2.05, 4.69) is 13.0 Å². The van der Waals surface area contributed by atoms with Crippen molar-refractivity contribution < 1.29 is 34.4 Å². The molecule has 0 aromatic heterocycles. The molecule has 0 bridgehead atoms. The molecule has 2 fully saturated rings. The van der Waals surface area contributed by atoms with Gasteiger partial charge in [-0.2, -0.15) is 0 Å². The maximum atomic E-state index is 13.4. The lowest BCUT2D eigenvalue weighted by Crippen LogP contribution is -2.54. The topological polar surface area (TPSA) is 121 Å². The fourth-order valence-corrected chi connectivity index (χ4v) is 7.64. The molecule has 34 heavy (non-hydrogen) atoms. The normalized spacial score (nSPS) is 40.1. The number of rotatable bonds is 7. The van der Waals surface area contributed by atoms with Crippen molar-refractivity contribution in [2.75, 3.05) is 0 Å². The molecule has 0 radical (unpaired) electrons. The Morgan fingerprint density at radius 1 is 1.24 bits per heavy atom. The summed E-state index contributed by atoms with van der Waals surface area (Å²) in [6.45, 7) is 7.62. The number of hydrogen-bond acceptors (Lipinski definition) is 6. The zero-order valence-electron chi connectivity index (χ0n) is 20.7. The van der Waals surface area contributed by atoms with Gasteiger partial charge in [-0.05, 0) is 70.3 Å². The van der Waals surface area contributed by atoms with E-state index in [1.807, 2.05) is 6.92 Å². The first-order valence-electron chi connectivity index (χ1n) is 12.6. The number of Topliss-reactive ketones (excluding diaryl/α,β-unsaturated/α-hetero) is 1. The Hall–Kier alpha value is -1.83. The second-order valence-electron chi connectivity index (χ2n) is 11.5. The summed E-state index contributed by atoms with van der Waals surface area (Å²) in [5.74, 6) is -1.82. The number of hydrogen-bond donors (Lipinski definition) is 3. The van der Waals surface area contributed by atoms with Crippen LogP contribution >= 0.6 is 0 Å². The van der Waals surface area contributed by atoms with E-state index in [-0.39, 0.29) is 43.0 Å². The molecule has 0 saturated heterocycles. The van der Waals surface area contributed by atoms with Crippen LogP contribution in [0.15, 0.2) is 23.3 Å². The monoisotopic (exact) mass is 474 g/mol. The van der Waals surface area contributed by atoms with Crippen LogP contribution in [0.1, 0.15) is 79.1 Å². The lowest BCUT2D eigenvalue weighted by atomic mass is 9.48. The first-order valence-corrected chi connectivity index (χ1v) is 12.6. The van der Waals surface area contributed by atoms with Crippen LogP contribution in [0.5, 0.6) is 0 Å². The molecule has 0 aromatic carbocycles. The fraction of sp³-hybridized carbons (Fsp3) is 0.741. The molecule has 2 saturated carbocycles. The van der Waals surface area contributed by atoms with Crippen molar-refractivity contribution in [3.05, 3.63) is 23.3 Å². The molecular formula is C27H38O7. The number of aliphatic hydroxyl groups is 2. The van der Waals surface area contributed by atoms with Crippen LogP contribution in [0.3, 0.4) is 0 Å². The minimum absolute atomic E-state index is 0.0475. The van der Waals surface area contributed by atoms with Gasteiger partial charge in [-0.15, -0.1) is 0 Å². The Bertz CT molecular complexity index is 949. The summed E-state index contributed by atoms with van der Waals surface area (Å²) < 4.78 is 5.39. The number of fused-ring (bicyclic) bond motifs is 5. The van der Waals surface area contributed by atoms with E-state index in [1.165, 1.54) is 0 Å². The lowest BCUT2D eigenvalue weighted by Gasteiger charge is -2.56. The second-order valence-corrected chi connectivity index (χ2v) is 11.5. The number of aliphatic carboxylic acids is 1. The first-order chi connectivity index (χ1) is 15.8. The average molecular weight is 475 g/mol.